The molecule has 0 aliphatic rings. The van der Waals surface area contributed by atoms with E-state index >= 15 is 0 Å². The number of hydrogen-bond donors (Lipinski definition) is 2. The van der Waals surface area contributed by atoms with Gasteiger partial charge in [-0.25, -0.2) is 0 Å². The van der Waals surface area contributed by atoms with Crippen LogP contribution in [0.2, 0.25) is 0 Å². The van der Waals surface area contributed by atoms with Crippen LogP contribution in [0.1, 0.15) is 25.0 Å². The summed E-state index contributed by atoms with van der Waals surface area (Å²) in [7, 11) is 0. The third-order valence-electron chi connectivity index (χ3n) is 3.30. The number of benzene rings is 2. The van der Waals surface area contributed by atoms with Crippen molar-refractivity contribution in [3.63, 3.8) is 0 Å². The lowest BCUT2D eigenvalue weighted by molar-refractivity contribution is 0.454. The Morgan fingerprint density at radius 1 is 0.833 bits per heavy atom. The summed E-state index contributed by atoms with van der Waals surface area (Å²) in [5.74, 6) is 0.246. The van der Waals surface area contributed by atoms with Crippen LogP contribution in [0, 0.1) is 0 Å². The molecule has 0 aromatic heterocycles. The fourth-order valence-corrected chi connectivity index (χ4v) is 2.42. The highest BCUT2D eigenvalue weighted by molar-refractivity contribution is 5.79. The van der Waals surface area contributed by atoms with Gasteiger partial charge in [-0.05, 0) is 41.7 Å². The topological polar surface area (TPSA) is 40.5 Å². The van der Waals surface area contributed by atoms with E-state index in [1.165, 1.54) is 11.1 Å². The zero-order valence-electron chi connectivity index (χ0n) is 10.8. The van der Waals surface area contributed by atoms with E-state index in [9.17, 15) is 10.2 Å². The average molecular weight is 242 g/mol. The molecule has 0 atom stereocenters. The zero-order valence-corrected chi connectivity index (χ0v) is 10.8. The van der Waals surface area contributed by atoms with Gasteiger partial charge < -0.3 is 10.2 Å². The second-order valence-electron chi connectivity index (χ2n) is 4.32. The van der Waals surface area contributed by atoms with Gasteiger partial charge in [0.15, 0.2) is 0 Å². The van der Waals surface area contributed by atoms with E-state index < -0.39 is 0 Å². The van der Waals surface area contributed by atoms with Crippen molar-refractivity contribution in [2.45, 2.75) is 26.7 Å². The van der Waals surface area contributed by atoms with Gasteiger partial charge in [0, 0.05) is 0 Å². The molecule has 2 aromatic carbocycles. The van der Waals surface area contributed by atoms with Gasteiger partial charge in [0.1, 0.15) is 11.5 Å². The largest absolute Gasteiger partial charge is 0.507 e. The average Bonchev–Trinajstić information content (AvgIpc) is 2.38. The van der Waals surface area contributed by atoms with E-state index in [2.05, 4.69) is 19.9 Å². The van der Waals surface area contributed by atoms with E-state index in [4.69, 9.17) is 0 Å². The molecule has 2 rings (SSSR count). The molecule has 2 aromatic rings. The molecule has 18 heavy (non-hydrogen) atoms. The van der Waals surface area contributed by atoms with Gasteiger partial charge in [-0.1, -0.05) is 38.1 Å². The maximum Gasteiger partial charge on any atom is 0.127 e. The molecule has 0 bridgehead atoms. The van der Waals surface area contributed by atoms with Crippen LogP contribution in [-0.2, 0) is 12.8 Å². The standard InChI is InChI=1S/C16H18O2/c1-3-11-7-5-8-13(12(11)4-2)16-14(17)9-6-10-15(16)18/h5-10,17-18H,3-4H2,1-2H3. The molecular weight excluding hydrogens is 224 g/mol. The highest BCUT2D eigenvalue weighted by Crippen LogP contribution is 2.39. The summed E-state index contributed by atoms with van der Waals surface area (Å²) in [6, 6.07) is 10.9. The van der Waals surface area contributed by atoms with Crippen molar-refractivity contribution in [3.05, 3.63) is 47.5 Å². The molecule has 0 aliphatic heterocycles. The normalized spacial score (nSPS) is 10.6. The summed E-state index contributed by atoms with van der Waals surface area (Å²) in [6.45, 7) is 4.21. The Hall–Kier alpha value is -1.96. The van der Waals surface area contributed by atoms with Crippen LogP contribution in [0.5, 0.6) is 11.5 Å². The zero-order chi connectivity index (χ0) is 13.1. The van der Waals surface area contributed by atoms with Crippen LogP contribution in [0.4, 0.5) is 0 Å². The predicted molar refractivity (Wildman–Crippen MR) is 74.0 cm³/mol. The Morgan fingerprint density at radius 2 is 1.44 bits per heavy atom. The molecule has 0 aliphatic carbocycles. The number of hydrogen-bond acceptors (Lipinski definition) is 2. The van der Waals surface area contributed by atoms with Crippen molar-refractivity contribution < 1.29 is 10.2 Å². The summed E-state index contributed by atoms with van der Waals surface area (Å²) in [6.07, 6.45) is 1.83. The van der Waals surface area contributed by atoms with Crippen molar-refractivity contribution in [2.75, 3.05) is 0 Å². The van der Waals surface area contributed by atoms with E-state index in [0.29, 0.717) is 5.56 Å². The molecular formula is C16H18O2. The summed E-state index contributed by atoms with van der Waals surface area (Å²) in [4.78, 5) is 0. The monoisotopic (exact) mass is 242 g/mol. The lowest BCUT2D eigenvalue weighted by Crippen LogP contribution is -1.95. The molecule has 0 unspecified atom stereocenters. The molecule has 0 saturated carbocycles. The fourth-order valence-electron chi connectivity index (χ4n) is 2.42. The molecule has 2 heteroatoms. The second kappa shape index (κ2) is 5.13. The van der Waals surface area contributed by atoms with Crippen molar-refractivity contribution in [1.29, 1.82) is 0 Å². The van der Waals surface area contributed by atoms with Gasteiger partial charge in [-0.15, -0.1) is 0 Å². The van der Waals surface area contributed by atoms with Crippen LogP contribution in [0.15, 0.2) is 36.4 Å². The quantitative estimate of drug-likeness (QED) is 0.857. The number of rotatable bonds is 3. The minimum Gasteiger partial charge on any atom is -0.507 e. The van der Waals surface area contributed by atoms with E-state index in [0.717, 1.165) is 18.4 Å². The van der Waals surface area contributed by atoms with Crippen LogP contribution in [0.3, 0.4) is 0 Å². The summed E-state index contributed by atoms with van der Waals surface area (Å²) in [5.41, 5.74) is 3.91. The number of phenolic OH excluding ortho intramolecular Hbond substituents is 2. The third kappa shape index (κ3) is 2.06. The van der Waals surface area contributed by atoms with Gasteiger partial charge in [-0.3, -0.25) is 0 Å². The van der Waals surface area contributed by atoms with Gasteiger partial charge in [0.2, 0.25) is 0 Å². The highest BCUT2D eigenvalue weighted by atomic mass is 16.3. The molecule has 0 fully saturated rings. The minimum absolute atomic E-state index is 0.123. The maximum absolute atomic E-state index is 9.97. The van der Waals surface area contributed by atoms with Crippen LogP contribution in [-0.4, -0.2) is 10.2 Å². The lowest BCUT2D eigenvalue weighted by Gasteiger charge is -2.14. The SMILES string of the molecule is CCc1cccc(-c2c(O)cccc2O)c1CC. The molecule has 0 saturated heterocycles. The fraction of sp³-hybridized carbons (Fsp3) is 0.250. The first-order chi connectivity index (χ1) is 8.69. The number of aromatic hydroxyl groups is 2. The molecule has 0 heterocycles. The van der Waals surface area contributed by atoms with Gasteiger partial charge in [0.05, 0.1) is 5.56 Å². The van der Waals surface area contributed by atoms with Crippen molar-refractivity contribution in [2.24, 2.45) is 0 Å². The van der Waals surface area contributed by atoms with E-state index in [1.807, 2.05) is 12.1 Å². The highest BCUT2D eigenvalue weighted by Gasteiger charge is 2.14. The van der Waals surface area contributed by atoms with Crippen LogP contribution in [0.25, 0.3) is 11.1 Å². The molecule has 0 amide bonds. The lowest BCUT2D eigenvalue weighted by atomic mass is 9.92. The first-order valence-electron chi connectivity index (χ1n) is 6.31. The second-order valence-corrected chi connectivity index (χ2v) is 4.32. The van der Waals surface area contributed by atoms with Gasteiger partial charge >= 0.3 is 0 Å². The Labute approximate surface area is 108 Å². The first kappa shape index (κ1) is 12.5. The first-order valence-corrected chi connectivity index (χ1v) is 6.31. The van der Waals surface area contributed by atoms with E-state index in [-0.39, 0.29) is 11.5 Å². The smallest absolute Gasteiger partial charge is 0.127 e. The predicted octanol–water partition coefficient (Wildman–Crippen LogP) is 3.89. The molecule has 0 radical (unpaired) electrons. The van der Waals surface area contributed by atoms with Crippen LogP contribution >= 0.6 is 0 Å². The van der Waals surface area contributed by atoms with Crippen molar-refractivity contribution in [3.8, 4) is 22.6 Å². The van der Waals surface area contributed by atoms with Gasteiger partial charge in [-0.2, -0.15) is 0 Å². The Morgan fingerprint density at radius 3 is 2.00 bits per heavy atom. The molecule has 94 valence electrons. The number of aryl methyl sites for hydroxylation is 1. The Bertz CT molecular complexity index is 539. The molecule has 2 N–H and O–H groups in total. The Balaban J connectivity index is 2.71. The third-order valence-corrected chi connectivity index (χ3v) is 3.30. The van der Waals surface area contributed by atoms with Gasteiger partial charge in [0.25, 0.3) is 0 Å². The van der Waals surface area contributed by atoms with E-state index in [1.54, 1.807) is 18.2 Å². The number of phenols is 2. The summed E-state index contributed by atoms with van der Waals surface area (Å²) >= 11 is 0. The molecule has 0 spiro atoms. The Kier molecular flexibility index (Phi) is 3.56. The van der Waals surface area contributed by atoms with Crippen molar-refractivity contribution in [1.82, 2.24) is 0 Å². The van der Waals surface area contributed by atoms with Crippen LogP contribution < -0.4 is 0 Å². The summed E-state index contributed by atoms with van der Waals surface area (Å²) < 4.78 is 0. The minimum atomic E-state index is 0.123. The molecule has 2 nitrogen and oxygen atoms in total. The summed E-state index contributed by atoms with van der Waals surface area (Å²) in [5, 5.41) is 19.9. The maximum atomic E-state index is 9.97. The van der Waals surface area contributed by atoms with Crippen molar-refractivity contribution >= 4 is 0 Å².